The van der Waals surface area contributed by atoms with Crippen molar-refractivity contribution >= 4 is 17.3 Å². The monoisotopic (exact) mass is 409 g/mol. The summed E-state index contributed by atoms with van der Waals surface area (Å²) in [7, 11) is 0. The van der Waals surface area contributed by atoms with Crippen LogP contribution in [0.4, 0.5) is 28.9 Å². The summed E-state index contributed by atoms with van der Waals surface area (Å²) in [6.45, 7) is 4.73. The number of anilines is 2. The topological polar surface area (TPSA) is 53.2 Å². The summed E-state index contributed by atoms with van der Waals surface area (Å²) in [4.78, 5) is 13.1. The molecule has 0 aromatic heterocycles. The minimum atomic E-state index is -4.70. The van der Waals surface area contributed by atoms with Crippen molar-refractivity contribution in [2.24, 2.45) is 5.41 Å². The number of halogens is 4. The lowest BCUT2D eigenvalue weighted by molar-refractivity contribution is -0.137. The van der Waals surface area contributed by atoms with Crippen LogP contribution in [0.5, 0.6) is 0 Å². The maximum absolute atomic E-state index is 13.7. The first-order valence-electron chi connectivity index (χ1n) is 9.32. The first-order valence-corrected chi connectivity index (χ1v) is 9.32. The number of benzene rings is 2. The minimum absolute atomic E-state index is 0.219. The molecule has 1 heterocycles. The van der Waals surface area contributed by atoms with Crippen LogP contribution in [0.1, 0.15) is 24.5 Å². The molecule has 2 atom stereocenters. The zero-order valence-electron chi connectivity index (χ0n) is 16.2. The molecule has 29 heavy (non-hydrogen) atoms. The second-order valence-corrected chi connectivity index (χ2v) is 7.58. The van der Waals surface area contributed by atoms with Gasteiger partial charge in [-0.25, -0.2) is 4.39 Å². The fraction of sp³-hybridized carbons (Fsp3) is 0.381. The van der Waals surface area contributed by atoms with Gasteiger partial charge in [0.2, 0.25) is 5.91 Å². The van der Waals surface area contributed by atoms with E-state index in [1.807, 2.05) is 31.2 Å². The zero-order valence-corrected chi connectivity index (χ0v) is 16.2. The first kappa shape index (κ1) is 21.1. The molecule has 0 saturated carbocycles. The third-order valence-electron chi connectivity index (χ3n) is 5.35. The van der Waals surface area contributed by atoms with Crippen LogP contribution < -0.4 is 16.0 Å². The molecule has 0 unspecified atom stereocenters. The Balaban J connectivity index is 1.84. The molecule has 1 amide bonds. The molecule has 2 aromatic carbocycles. The molecule has 1 fully saturated rings. The molecule has 0 aliphatic carbocycles. The van der Waals surface area contributed by atoms with E-state index < -0.39 is 28.9 Å². The second kappa shape index (κ2) is 8.02. The quantitative estimate of drug-likeness (QED) is 0.649. The molecule has 3 rings (SSSR count). The summed E-state index contributed by atoms with van der Waals surface area (Å²) in [5, 5.41) is 9.04. The van der Waals surface area contributed by atoms with E-state index in [2.05, 4.69) is 16.0 Å². The number of hydrogen-bond donors (Lipinski definition) is 3. The van der Waals surface area contributed by atoms with E-state index in [1.165, 1.54) is 0 Å². The molecule has 156 valence electrons. The molecule has 2 aromatic rings. The predicted molar refractivity (Wildman–Crippen MR) is 104 cm³/mol. The van der Waals surface area contributed by atoms with Gasteiger partial charge in [-0.05, 0) is 56.6 Å². The summed E-state index contributed by atoms with van der Waals surface area (Å²) in [5.74, 6) is -1.54. The number of alkyl halides is 3. The van der Waals surface area contributed by atoms with Crippen LogP contribution in [-0.4, -0.2) is 25.0 Å². The summed E-state index contributed by atoms with van der Waals surface area (Å²) < 4.78 is 52.6. The van der Waals surface area contributed by atoms with E-state index in [9.17, 15) is 22.4 Å². The first-order chi connectivity index (χ1) is 13.6. The number of piperidine rings is 1. The average Bonchev–Trinajstić information content (AvgIpc) is 2.64. The highest BCUT2D eigenvalue weighted by Crippen LogP contribution is 2.34. The fourth-order valence-electron chi connectivity index (χ4n) is 3.53. The third kappa shape index (κ3) is 4.70. The van der Waals surface area contributed by atoms with Gasteiger partial charge in [0.05, 0.1) is 11.0 Å². The number of aryl methyl sites for hydroxylation is 1. The third-order valence-corrected chi connectivity index (χ3v) is 5.35. The maximum Gasteiger partial charge on any atom is 0.416 e. The van der Waals surface area contributed by atoms with Crippen LogP contribution in [0.15, 0.2) is 42.5 Å². The summed E-state index contributed by atoms with van der Waals surface area (Å²) >= 11 is 0. The lowest BCUT2D eigenvalue weighted by atomic mass is 9.76. The Morgan fingerprint density at radius 1 is 1.21 bits per heavy atom. The van der Waals surface area contributed by atoms with E-state index in [0.717, 1.165) is 23.4 Å². The van der Waals surface area contributed by atoms with Crippen LogP contribution in [0.25, 0.3) is 0 Å². The van der Waals surface area contributed by atoms with Gasteiger partial charge in [-0.1, -0.05) is 18.2 Å². The number of nitrogens with one attached hydrogen (secondary N) is 3. The number of amides is 1. The van der Waals surface area contributed by atoms with Crippen molar-refractivity contribution in [1.82, 2.24) is 5.32 Å². The predicted octanol–water partition coefficient (Wildman–Crippen LogP) is 4.57. The van der Waals surface area contributed by atoms with Crippen molar-refractivity contribution in [3.8, 4) is 0 Å². The molecule has 1 saturated heterocycles. The van der Waals surface area contributed by atoms with Gasteiger partial charge in [0.15, 0.2) is 0 Å². The van der Waals surface area contributed by atoms with Crippen LogP contribution in [0.3, 0.4) is 0 Å². The fourth-order valence-corrected chi connectivity index (χ4v) is 3.53. The van der Waals surface area contributed by atoms with Gasteiger partial charge in [-0.15, -0.1) is 0 Å². The Morgan fingerprint density at radius 3 is 2.62 bits per heavy atom. The molecule has 1 aliphatic heterocycles. The van der Waals surface area contributed by atoms with Crippen molar-refractivity contribution in [2.75, 3.05) is 23.7 Å². The maximum atomic E-state index is 13.7. The van der Waals surface area contributed by atoms with Crippen LogP contribution in [-0.2, 0) is 11.0 Å². The van der Waals surface area contributed by atoms with Crippen molar-refractivity contribution in [1.29, 1.82) is 0 Å². The lowest BCUT2D eigenvalue weighted by Crippen LogP contribution is -2.57. The molecular weight excluding hydrogens is 386 g/mol. The highest BCUT2D eigenvalue weighted by Gasteiger charge is 2.43. The van der Waals surface area contributed by atoms with Crippen LogP contribution in [0.2, 0.25) is 0 Å². The molecule has 8 heteroatoms. The van der Waals surface area contributed by atoms with Gasteiger partial charge in [0, 0.05) is 24.0 Å². The number of rotatable bonds is 4. The normalized spacial score (nSPS) is 22.2. The Morgan fingerprint density at radius 2 is 1.93 bits per heavy atom. The SMILES string of the molecule is Cc1ccccc1N[C@H]1CCNC[C@@]1(C)C(=O)Nc1cc(F)cc(C(F)(F)F)c1. The standard InChI is InChI=1S/C21H23F4N3O/c1-13-5-3-4-6-17(13)28-18-7-8-26-12-20(18,2)19(29)27-16-10-14(21(23,24)25)9-15(22)11-16/h3-6,9-11,18,26,28H,7-8,12H2,1-2H3,(H,27,29)/t18-,20+/m0/s1. The Kier molecular flexibility index (Phi) is 5.84. The van der Waals surface area contributed by atoms with E-state index in [4.69, 9.17) is 0 Å². The van der Waals surface area contributed by atoms with E-state index in [-0.39, 0.29) is 11.7 Å². The van der Waals surface area contributed by atoms with Gasteiger partial charge in [0.1, 0.15) is 5.82 Å². The van der Waals surface area contributed by atoms with Gasteiger partial charge in [-0.2, -0.15) is 13.2 Å². The summed E-state index contributed by atoms with van der Waals surface area (Å²) in [5.41, 5.74) is -0.402. The number of para-hydroxylation sites is 1. The Bertz CT molecular complexity index is 900. The smallest absolute Gasteiger partial charge is 0.381 e. The molecule has 3 N–H and O–H groups in total. The number of hydrogen-bond acceptors (Lipinski definition) is 3. The van der Waals surface area contributed by atoms with Gasteiger partial charge >= 0.3 is 6.18 Å². The summed E-state index contributed by atoms with van der Waals surface area (Å²) in [6.07, 6.45) is -4.05. The number of carbonyl (C=O) groups excluding carboxylic acids is 1. The molecule has 0 spiro atoms. The van der Waals surface area contributed by atoms with Crippen LogP contribution >= 0.6 is 0 Å². The van der Waals surface area contributed by atoms with E-state index >= 15 is 0 Å². The average molecular weight is 409 g/mol. The van der Waals surface area contributed by atoms with Gasteiger partial charge < -0.3 is 16.0 Å². The minimum Gasteiger partial charge on any atom is -0.381 e. The Hall–Kier alpha value is -2.61. The lowest BCUT2D eigenvalue weighted by Gasteiger charge is -2.41. The van der Waals surface area contributed by atoms with Crippen molar-refractivity contribution < 1.29 is 22.4 Å². The van der Waals surface area contributed by atoms with Crippen molar-refractivity contribution in [3.05, 3.63) is 59.4 Å². The molecular formula is C21H23F4N3O. The zero-order chi connectivity index (χ0) is 21.2. The summed E-state index contributed by atoms with van der Waals surface area (Å²) in [6, 6.07) is 9.45. The van der Waals surface area contributed by atoms with Crippen molar-refractivity contribution in [2.45, 2.75) is 32.5 Å². The molecule has 4 nitrogen and oxygen atoms in total. The van der Waals surface area contributed by atoms with Gasteiger partial charge in [-0.3, -0.25) is 4.79 Å². The van der Waals surface area contributed by atoms with Crippen LogP contribution in [0, 0.1) is 18.2 Å². The van der Waals surface area contributed by atoms with Crippen molar-refractivity contribution in [3.63, 3.8) is 0 Å². The van der Waals surface area contributed by atoms with E-state index in [1.54, 1.807) is 6.92 Å². The molecule has 0 radical (unpaired) electrons. The van der Waals surface area contributed by atoms with Gasteiger partial charge in [0.25, 0.3) is 0 Å². The molecule has 0 bridgehead atoms. The highest BCUT2D eigenvalue weighted by molar-refractivity contribution is 5.96. The second-order valence-electron chi connectivity index (χ2n) is 7.58. The largest absolute Gasteiger partial charge is 0.416 e. The Labute approximate surface area is 166 Å². The molecule has 1 aliphatic rings. The highest BCUT2D eigenvalue weighted by atomic mass is 19.4. The van der Waals surface area contributed by atoms with E-state index in [0.29, 0.717) is 25.6 Å². The number of carbonyl (C=O) groups is 1.